The van der Waals surface area contributed by atoms with Crippen molar-refractivity contribution in [1.29, 1.82) is 0 Å². The molecule has 1 unspecified atom stereocenters. The van der Waals surface area contributed by atoms with Crippen molar-refractivity contribution in [3.63, 3.8) is 0 Å². The van der Waals surface area contributed by atoms with E-state index in [1.165, 1.54) is 38.8 Å². The van der Waals surface area contributed by atoms with Crippen LogP contribution >= 0.6 is 0 Å². The minimum absolute atomic E-state index is 0.229. The van der Waals surface area contributed by atoms with Crippen molar-refractivity contribution in [2.75, 3.05) is 19.6 Å². The third-order valence-corrected chi connectivity index (χ3v) is 4.24. The van der Waals surface area contributed by atoms with E-state index in [4.69, 9.17) is 5.73 Å². The van der Waals surface area contributed by atoms with E-state index in [1.54, 1.807) is 0 Å². The van der Waals surface area contributed by atoms with Crippen LogP contribution in [0, 0.1) is 11.8 Å². The fourth-order valence-electron chi connectivity index (χ4n) is 3.10. The molecule has 2 heteroatoms. The van der Waals surface area contributed by atoms with E-state index in [0.29, 0.717) is 0 Å². The molecule has 1 aliphatic rings. The molecule has 0 aromatic rings. The van der Waals surface area contributed by atoms with Crippen molar-refractivity contribution in [2.45, 2.75) is 58.9 Å². The first-order valence-corrected chi connectivity index (χ1v) is 6.97. The Morgan fingerprint density at radius 1 is 1.31 bits per heavy atom. The normalized spacial score (nSPS) is 23.6. The minimum Gasteiger partial charge on any atom is -0.329 e. The molecular formula is C14H30N2. The molecule has 1 rings (SSSR count). The quantitative estimate of drug-likeness (QED) is 0.781. The zero-order chi connectivity index (χ0) is 12.2. The number of hydrogen-bond acceptors (Lipinski definition) is 2. The van der Waals surface area contributed by atoms with Gasteiger partial charge < -0.3 is 5.73 Å². The molecule has 0 aromatic carbocycles. The van der Waals surface area contributed by atoms with Gasteiger partial charge in [-0.1, -0.05) is 27.2 Å². The van der Waals surface area contributed by atoms with Crippen LogP contribution in [0.25, 0.3) is 0 Å². The summed E-state index contributed by atoms with van der Waals surface area (Å²) in [5.41, 5.74) is 6.24. The summed E-state index contributed by atoms with van der Waals surface area (Å²) in [5.74, 6) is 1.69. The zero-order valence-corrected chi connectivity index (χ0v) is 11.6. The molecule has 0 radical (unpaired) electrons. The molecule has 2 N–H and O–H groups in total. The summed E-state index contributed by atoms with van der Waals surface area (Å²) < 4.78 is 0. The molecule has 2 nitrogen and oxygen atoms in total. The van der Waals surface area contributed by atoms with E-state index in [0.717, 1.165) is 18.4 Å². The summed E-state index contributed by atoms with van der Waals surface area (Å²) in [6, 6.07) is 0. The lowest BCUT2D eigenvalue weighted by molar-refractivity contribution is 0.0515. The highest BCUT2D eigenvalue weighted by atomic mass is 15.2. The van der Waals surface area contributed by atoms with Gasteiger partial charge in [-0.3, -0.25) is 4.90 Å². The molecule has 96 valence electrons. The number of piperidine rings is 1. The van der Waals surface area contributed by atoms with Gasteiger partial charge in [-0.2, -0.15) is 0 Å². The summed E-state index contributed by atoms with van der Waals surface area (Å²) in [7, 11) is 0. The number of nitrogens with two attached hydrogens (primary N) is 1. The maximum absolute atomic E-state index is 6.01. The van der Waals surface area contributed by atoms with E-state index in [-0.39, 0.29) is 5.54 Å². The lowest BCUT2D eigenvalue weighted by Gasteiger charge is -2.45. The molecule has 0 spiro atoms. The second-order valence-electron chi connectivity index (χ2n) is 6.14. The van der Waals surface area contributed by atoms with E-state index in [2.05, 4.69) is 32.6 Å². The Labute approximate surface area is 102 Å². The van der Waals surface area contributed by atoms with Crippen LogP contribution in [0.5, 0.6) is 0 Å². The third-order valence-electron chi connectivity index (χ3n) is 4.24. The van der Waals surface area contributed by atoms with Crippen molar-refractivity contribution in [3.05, 3.63) is 0 Å². The highest BCUT2D eigenvalue weighted by Crippen LogP contribution is 2.29. The summed E-state index contributed by atoms with van der Waals surface area (Å²) >= 11 is 0. The second-order valence-corrected chi connectivity index (χ2v) is 6.14. The first kappa shape index (κ1) is 14.0. The van der Waals surface area contributed by atoms with Crippen LogP contribution in [0.4, 0.5) is 0 Å². The van der Waals surface area contributed by atoms with Gasteiger partial charge in [0.15, 0.2) is 0 Å². The average Bonchev–Trinajstić information content (AvgIpc) is 2.28. The highest BCUT2D eigenvalue weighted by Gasteiger charge is 2.33. The van der Waals surface area contributed by atoms with Gasteiger partial charge in [0.25, 0.3) is 0 Å². The molecule has 1 saturated heterocycles. The van der Waals surface area contributed by atoms with Gasteiger partial charge >= 0.3 is 0 Å². The van der Waals surface area contributed by atoms with Gasteiger partial charge in [-0.05, 0) is 51.1 Å². The molecule has 1 aliphatic heterocycles. The average molecular weight is 226 g/mol. The maximum atomic E-state index is 6.01. The predicted molar refractivity (Wildman–Crippen MR) is 71.5 cm³/mol. The Morgan fingerprint density at radius 2 is 1.88 bits per heavy atom. The standard InChI is InChI=1S/C14H30N2/c1-5-13-6-8-16(9-7-13)14(4,11-15)10-12(2)3/h12-13H,5-11,15H2,1-4H3. The van der Waals surface area contributed by atoms with Gasteiger partial charge in [0.05, 0.1) is 0 Å². The van der Waals surface area contributed by atoms with Crippen LogP contribution in [0.1, 0.15) is 53.4 Å². The van der Waals surface area contributed by atoms with E-state index >= 15 is 0 Å². The number of rotatable bonds is 5. The fraction of sp³-hybridized carbons (Fsp3) is 1.00. The largest absolute Gasteiger partial charge is 0.329 e. The SMILES string of the molecule is CCC1CCN(C(C)(CN)CC(C)C)CC1. The molecule has 0 saturated carbocycles. The number of likely N-dealkylation sites (tertiary alicyclic amines) is 1. The molecule has 0 aliphatic carbocycles. The lowest BCUT2D eigenvalue weighted by Crippen LogP contribution is -2.55. The summed E-state index contributed by atoms with van der Waals surface area (Å²) in [4.78, 5) is 2.64. The molecular weight excluding hydrogens is 196 g/mol. The topological polar surface area (TPSA) is 29.3 Å². The van der Waals surface area contributed by atoms with Gasteiger partial charge in [-0.25, -0.2) is 0 Å². The highest BCUT2D eigenvalue weighted by molar-refractivity contribution is 4.90. The van der Waals surface area contributed by atoms with E-state index < -0.39 is 0 Å². The van der Waals surface area contributed by atoms with Crippen LogP contribution in [-0.2, 0) is 0 Å². The Balaban J connectivity index is 2.54. The molecule has 16 heavy (non-hydrogen) atoms. The van der Waals surface area contributed by atoms with Crippen LogP contribution in [0.15, 0.2) is 0 Å². The Kier molecular flexibility index (Phi) is 5.26. The number of nitrogens with zero attached hydrogens (tertiary/aromatic N) is 1. The summed E-state index contributed by atoms with van der Waals surface area (Å²) in [6.07, 6.45) is 5.30. The van der Waals surface area contributed by atoms with Gasteiger partial charge in [-0.15, -0.1) is 0 Å². The third kappa shape index (κ3) is 3.46. The Morgan fingerprint density at radius 3 is 2.25 bits per heavy atom. The zero-order valence-electron chi connectivity index (χ0n) is 11.6. The van der Waals surface area contributed by atoms with Gasteiger partial charge in [0, 0.05) is 12.1 Å². The fourth-order valence-corrected chi connectivity index (χ4v) is 3.10. The Hall–Kier alpha value is -0.0800. The molecule has 0 aromatic heterocycles. The van der Waals surface area contributed by atoms with Crippen molar-refractivity contribution >= 4 is 0 Å². The lowest BCUT2D eigenvalue weighted by atomic mass is 9.85. The molecule has 1 atom stereocenters. The molecule has 0 amide bonds. The molecule has 1 heterocycles. The second kappa shape index (κ2) is 6.02. The van der Waals surface area contributed by atoms with Crippen molar-refractivity contribution in [3.8, 4) is 0 Å². The minimum atomic E-state index is 0.229. The first-order chi connectivity index (χ1) is 7.51. The molecule has 1 fully saturated rings. The van der Waals surface area contributed by atoms with Gasteiger partial charge in [0.2, 0.25) is 0 Å². The number of hydrogen-bond donors (Lipinski definition) is 1. The van der Waals surface area contributed by atoms with Gasteiger partial charge in [0.1, 0.15) is 0 Å². The monoisotopic (exact) mass is 226 g/mol. The Bertz CT molecular complexity index is 195. The summed E-state index contributed by atoms with van der Waals surface area (Å²) in [6.45, 7) is 12.6. The van der Waals surface area contributed by atoms with Crippen LogP contribution in [0.3, 0.4) is 0 Å². The van der Waals surface area contributed by atoms with Crippen molar-refractivity contribution in [2.24, 2.45) is 17.6 Å². The smallest absolute Gasteiger partial charge is 0.0306 e. The summed E-state index contributed by atoms with van der Waals surface area (Å²) in [5, 5.41) is 0. The van der Waals surface area contributed by atoms with E-state index in [1.807, 2.05) is 0 Å². The van der Waals surface area contributed by atoms with Crippen LogP contribution in [0.2, 0.25) is 0 Å². The van der Waals surface area contributed by atoms with E-state index in [9.17, 15) is 0 Å². The van der Waals surface area contributed by atoms with Crippen molar-refractivity contribution < 1.29 is 0 Å². The molecule has 0 bridgehead atoms. The maximum Gasteiger partial charge on any atom is 0.0306 e. The predicted octanol–water partition coefficient (Wildman–Crippen LogP) is 2.87. The van der Waals surface area contributed by atoms with Crippen LogP contribution < -0.4 is 5.73 Å². The van der Waals surface area contributed by atoms with Crippen LogP contribution in [-0.4, -0.2) is 30.1 Å². The van der Waals surface area contributed by atoms with Crippen molar-refractivity contribution in [1.82, 2.24) is 4.90 Å². The first-order valence-electron chi connectivity index (χ1n) is 6.97.